The molecule has 2 aromatic carbocycles. The van der Waals surface area contributed by atoms with E-state index in [0.717, 1.165) is 42.9 Å². The fourth-order valence-corrected chi connectivity index (χ4v) is 4.13. The zero-order valence-corrected chi connectivity index (χ0v) is 18.1. The molecule has 4 rings (SSSR count). The van der Waals surface area contributed by atoms with Gasteiger partial charge in [-0.1, -0.05) is 48.4 Å². The van der Waals surface area contributed by atoms with E-state index in [1.165, 1.54) is 18.3 Å². The molecule has 0 saturated carbocycles. The van der Waals surface area contributed by atoms with Crippen molar-refractivity contribution in [3.05, 3.63) is 88.2 Å². The third kappa shape index (κ3) is 4.92. The quantitative estimate of drug-likeness (QED) is 0.566. The van der Waals surface area contributed by atoms with Gasteiger partial charge in [0.05, 0.1) is 23.0 Å². The van der Waals surface area contributed by atoms with Crippen LogP contribution in [0.25, 0.3) is 0 Å². The van der Waals surface area contributed by atoms with Crippen LogP contribution >= 0.6 is 11.6 Å². The maximum absolute atomic E-state index is 13.9. The molecule has 0 unspecified atom stereocenters. The zero-order valence-electron chi connectivity index (χ0n) is 17.3. The van der Waals surface area contributed by atoms with E-state index in [9.17, 15) is 9.18 Å². The molecule has 0 spiro atoms. The van der Waals surface area contributed by atoms with Crippen molar-refractivity contribution < 1.29 is 9.18 Å². The monoisotopic (exact) mass is 438 g/mol. The minimum Gasteiger partial charge on any atom is -0.319 e. The number of amides is 1. The first-order chi connectivity index (χ1) is 15.0. The van der Waals surface area contributed by atoms with E-state index in [-0.39, 0.29) is 11.7 Å². The van der Waals surface area contributed by atoms with Crippen LogP contribution in [0.5, 0.6) is 0 Å². The summed E-state index contributed by atoms with van der Waals surface area (Å²) < 4.78 is 13.9. The summed E-state index contributed by atoms with van der Waals surface area (Å²) in [5.74, 6) is -0.208. The number of aryl methyl sites for hydroxylation is 1. The van der Waals surface area contributed by atoms with Crippen molar-refractivity contribution in [2.24, 2.45) is 0 Å². The minimum atomic E-state index is -0.483. The number of para-hydroxylation sites is 1. The summed E-state index contributed by atoms with van der Waals surface area (Å²) in [7, 11) is 0. The van der Waals surface area contributed by atoms with E-state index in [1.807, 2.05) is 24.3 Å². The maximum Gasteiger partial charge on any atom is 0.259 e. The van der Waals surface area contributed by atoms with Gasteiger partial charge >= 0.3 is 0 Å². The highest BCUT2D eigenvalue weighted by Crippen LogP contribution is 2.31. The van der Waals surface area contributed by atoms with Crippen LogP contribution in [0, 0.1) is 12.7 Å². The van der Waals surface area contributed by atoms with Gasteiger partial charge in [0.2, 0.25) is 0 Å². The summed E-state index contributed by atoms with van der Waals surface area (Å²) in [6.07, 6.45) is 4.70. The first-order valence-electron chi connectivity index (χ1n) is 10.4. The number of piperidine rings is 1. The smallest absolute Gasteiger partial charge is 0.259 e. The highest BCUT2D eigenvalue weighted by atomic mass is 35.5. The van der Waals surface area contributed by atoms with E-state index in [1.54, 1.807) is 19.1 Å². The number of anilines is 1. The average Bonchev–Trinajstić information content (AvgIpc) is 2.77. The van der Waals surface area contributed by atoms with Crippen LogP contribution in [-0.2, 0) is 6.54 Å². The molecular formula is C24H24ClFN4O. The summed E-state index contributed by atoms with van der Waals surface area (Å²) in [4.78, 5) is 24.2. The lowest BCUT2D eigenvalue weighted by Gasteiger charge is -2.35. The molecule has 31 heavy (non-hydrogen) atoms. The Kier molecular flexibility index (Phi) is 6.59. The molecule has 1 amide bonds. The Labute approximate surface area is 186 Å². The molecule has 160 valence electrons. The number of likely N-dealkylation sites (tertiary alicyclic amines) is 1. The topological polar surface area (TPSA) is 58.1 Å². The molecule has 1 N–H and O–H groups in total. The van der Waals surface area contributed by atoms with Crippen LogP contribution in [0.15, 0.2) is 54.7 Å². The lowest BCUT2D eigenvalue weighted by molar-refractivity contribution is 0.102. The van der Waals surface area contributed by atoms with Gasteiger partial charge in [0.1, 0.15) is 11.6 Å². The molecule has 1 saturated heterocycles. The molecule has 3 aromatic rings. The standard InChI is InChI=1S/C24H24ClFN4O/c1-16-18(24(31)29-21-11-5-4-10-20(21)26)14-27-23(28-16)22-12-6-7-13-30(22)15-17-8-2-3-9-19(17)25/h2-5,8-11,14,22H,6-7,12-13,15H2,1H3,(H,29,31)/t22-/m1/s1. The summed E-state index contributed by atoms with van der Waals surface area (Å²) >= 11 is 6.37. The first-order valence-corrected chi connectivity index (χ1v) is 10.8. The first kappa shape index (κ1) is 21.4. The van der Waals surface area contributed by atoms with Gasteiger partial charge in [0.25, 0.3) is 5.91 Å². The second kappa shape index (κ2) is 9.54. The van der Waals surface area contributed by atoms with Crippen molar-refractivity contribution >= 4 is 23.2 Å². The van der Waals surface area contributed by atoms with E-state index in [0.29, 0.717) is 17.1 Å². The summed E-state index contributed by atoms with van der Waals surface area (Å²) in [6.45, 7) is 3.44. The maximum atomic E-state index is 13.9. The largest absolute Gasteiger partial charge is 0.319 e. The van der Waals surface area contributed by atoms with Gasteiger partial charge < -0.3 is 5.32 Å². The number of halogens is 2. The second-order valence-electron chi connectivity index (χ2n) is 7.73. The van der Waals surface area contributed by atoms with E-state index in [2.05, 4.69) is 20.2 Å². The van der Waals surface area contributed by atoms with Gasteiger partial charge in [0.15, 0.2) is 0 Å². The van der Waals surface area contributed by atoms with Gasteiger partial charge in [-0.15, -0.1) is 0 Å². The van der Waals surface area contributed by atoms with Gasteiger partial charge in [-0.05, 0) is 50.1 Å². The Morgan fingerprint density at radius 1 is 1.19 bits per heavy atom. The Morgan fingerprint density at radius 2 is 1.97 bits per heavy atom. The number of nitrogens with one attached hydrogen (secondary N) is 1. The fourth-order valence-electron chi connectivity index (χ4n) is 3.94. The van der Waals surface area contributed by atoms with Gasteiger partial charge in [0, 0.05) is 17.8 Å². The van der Waals surface area contributed by atoms with Gasteiger partial charge in [-0.25, -0.2) is 14.4 Å². The molecule has 2 heterocycles. The average molecular weight is 439 g/mol. The highest BCUT2D eigenvalue weighted by Gasteiger charge is 2.27. The van der Waals surface area contributed by atoms with Crippen LogP contribution < -0.4 is 5.32 Å². The summed E-state index contributed by atoms with van der Waals surface area (Å²) in [5, 5.41) is 3.35. The van der Waals surface area contributed by atoms with Gasteiger partial charge in [-0.3, -0.25) is 9.69 Å². The Hall–Kier alpha value is -2.83. The summed E-state index contributed by atoms with van der Waals surface area (Å²) in [5.41, 5.74) is 2.12. The van der Waals surface area contributed by atoms with E-state index in [4.69, 9.17) is 11.6 Å². The molecular weight excluding hydrogens is 415 g/mol. The highest BCUT2D eigenvalue weighted by molar-refractivity contribution is 6.31. The number of benzene rings is 2. The Morgan fingerprint density at radius 3 is 2.74 bits per heavy atom. The van der Waals surface area contributed by atoms with Crippen LogP contribution in [0.4, 0.5) is 10.1 Å². The van der Waals surface area contributed by atoms with E-state index < -0.39 is 11.7 Å². The number of hydrogen-bond donors (Lipinski definition) is 1. The molecule has 7 heteroatoms. The summed E-state index contributed by atoms with van der Waals surface area (Å²) in [6, 6.07) is 14.0. The fraction of sp³-hybridized carbons (Fsp3) is 0.292. The zero-order chi connectivity index (χ0) is 21.8. The van der Waals surface area contributed by atoms with Crippen molar-refractivity contribution in [3.8, 4) is 0 Å². The van der Waals surface area contributed by atoms with Gasteiger partial charge in [-0.2, -0.15) is 0 Å². The molecule has 0 aliphatic carbocycles. The van der Waals surface area contributed by atoms with Crippen LogP contribution in [-0.4, -0.2) is 27.3 Å². The molecule has 1 atom stereocenters. The number of hydrogen-bond acceptors (Lipinski definition) is 4. The van der Waals surface area contributed by atoms with Crippen molar-refractivity contribution in [2.45, 2.75) is 38.8 Å². The molecule has 1 aliphatic rings. The number of rotatable bonds is 5. The minimum absolute atomic E-state index is 0.0624. The van der Waals surface area contributed by atoms with Crippen molar-refractivity contribution in [2.75, 3.05) is 11.9 Å². The third-order valence-electron chi connectivity index (χ3n) is 5.61. The Balaban J connectivity index is 1.53. The SMILES string of the molecule is Cc1nc([C@H]2CCCCN2Cc2ccccc2Cl)ncc1C(=O)Nc1ccccc1F. The lowest BCUT2D eigenvalue weighted by Crippen LogP contribution is -2.34. The van der Waals surface area contributed by atoms with Crippen LogP contribution in [0.2, 0.25) is 5.02 Å². The predicted octanol–water partition coefficient (Wildman–Crippen LogP) is 5.56. The Bertz CT molecular complexity index is 1090. The molecule has 1 fully saturated rings. The van der Waals surface area contributed by atoms with Crippen molar-refractivity contribution in [3.63, 3.8) is 0 Å². The number of nitrogens with zero attached hydrogens (tertiary/aromatic N) is 3. The molecule has 0 radical (unpaired) electrons. The lowest BCUT2D eigenvalue weighted by atomic mass is 10.00. The predicted molar refractivity (Wildman–Crippen MR) is 120 cm³/mol. The van der Waals surface area contributed by atoms with Crippen molar-refractivity contribution in [1.29, 1.82) is 0 Å². The third-order valence-corrected chi connectivity index (χ3v) is 5.98. The molecule has 0 bridgehead atoms. The molecule has 5 nitrogen and oxygen atoms in total. The number of carbonyl (C=O) groups excluding carboxylic acids is 1. The number of carbonyl (C=O) groups is 1. The van der Waals surface area contributed by atoms with Crippen LogP contribution in [0.3, 0.4) is 0 Å². The van der Waals surface area contributed by atoms with E-state index >= 15 is 0 Å². The van der Waals surface area contributed by atoms with Crippen molar-refractivity contribution in [1.82, 2.24) is 14.9 Å². The molecule has 1 aliphatic heterocycles. The second-order valence-corrected chi connectivity index (χ2v) is 8.14. The number of aromatic nitrogens is 2. The van der Waals surface area contributed by atoms with Crippen LogP contribution in [0.1, 0.15) is 52.7 Å². The molecule has 1 aromatic heterocycles. The normalized spacial score (nSPS) is 16.8.